The maximum Gasteiger partial charge on any atom is 0.269 e. The number of carbonyl (C=O) groups excluding carboxylic acids is 1. The van der Waals surface area contributed by atoms with Crippen LogP contribution in [-0.4, -0.2) is 27.4 Å². The normalized spacial score (nSPS) is 14.2. The second-order valence-electron chi connectivity index (χ2n) is 7.48. The zero-order valence-electron chi connectivity index (χ0n) is 17.2. The second kappa shape index (κ2) is 7.79. The van der Waals surface area contributed by atoms with Gasteiger partial charge in [0.15, 0.2) is 0 Å². The van der Waals surface area contributed by atoms with E-state index in [-0.39, 0.29) is 23.0 Å². The Morgan fingerprint density at radius 2 is 1.76 bits per heavy atom. The van der Waals surface area contributed by atoms with Crippen molar-refractivity contribution in [2.75, 3.05) is 11.9 Å². The number of hydrogen-bond acceptors (Lipinski definition) is 5. The standard InChI is InChI=1S/C24H15BrN4O4/c1-27-21-11-6-14(25)12-18(21)19(23(27)30)13-22-26-20-5-3-2-4-17(20)24(31)28(22)15-7-9-16(10-8-15)29(32)33/h2-13H,1H3/b19-13-. The first-order chi connectivity index (χ1) is 15.8. The van der Waals surface area contributed by atoms with Gasteiger partial charge in [0, 0.05) is 29.2 Å². The molecular weight excluding hydrogens is 488 g/mol. The van der Waals surface area contributed by atoms with E-state index in [1.165, 1.54) is 28.8 Å². The van der Waals surface area contributed by atoms with Gasteiger partial charge in [-0.15, -0.1) is 0 Å². The summed E-state index contributed by atoms with van der Waals surface area (Å²) in [6.45, 7) is 0. The molecule has 0 fully saturated rings. The van der Waals surface area contributed by atoms with Crippen molar-refractivity contribution in [2.24, 2.45) is 0 Å². The lowest BCUT2D eigenvalue weighted by Gasteiger charge is -2.12. The molecule has 4 aromatic rings. The number of hydrogen-bond donors (Lipinski definition) is 0. The van der Waals surface area contributed by atoms with E-state index < -0.39 is 4.92 Å². The number of para-hydroxylation sites is 1. The lowest BCUT2D eigenvalue weighted by molar-refractivity contribution is -0.384. The molecule has 0 atom stereocenters. The van der Waals surface area contributed by atoms with Crippen molar-refractivity contribution in [2.45, 2.75) is 0 Å². The number of rotatable bonds is 3. The number of nitrogens with zero attached hydrogens (tertiary/aromatic N) is 4. The Bertz CT molecular complexity index is 1560. The molecule has 5 rings (SSSR count). The molecular formula is C24H15BrN4O4. The maximum absolute atomic E-state index is 13.4. The van der Waals surface area contributed by atoms with Gasteiger partial charge in [0.1, 0.15) is 5.82 Å². The summed E-state index contributed by atoms with van der Waals surface area (Å²) >= 11 is 3.45. The van der Waals surface area contributed by atoms with E-state index in [1.54, 1.807) is 42.3 Å². The van der Waals surface area contributed by atoms with Crippen LogP contribution in [0, 0.1) is 10.1 Å². The summed E-state index contributed by atoms with van der Waals surface area (Å²) in [5.74, 6) is 0.0258. The van der Waals surface area contributed by atoms with Crippen LogP contribution in [0.15, 0.2) is 76.0 Å². The highest BCUT2D eigenvalue weighted by atomic mass is 79.9. The van der Waals surface area contributed by atoms with Crippen molar-refractivity contribution in [3.63, 3.8) is 0 Å². The van der Waals surface area contributed by atoms with Crippen molar-refractivity contribution in [1.82, 2.24) is 9.55 Å². The Kier molecular flexibility index (Phi) is 4.90. The Morgan fingerprint density at radius 1 is 1.03 bits per heavy atom. The molecule has 9 heteroatoms. The molecule has 0 saturated heterocycles. The van der Waals surface area contributed by atoms with Crippen molar-refractivity contribution >= 4 is 55.8 Å². The van der Waals surface area contributed by atoms with Crippen LogP contribution in [0.3, 0.4) is 0 Å². The van der Waals surface area contributed by atoms with Crippen LogP contribution in [0.2, 0.25) is 0 Å². The number of fused-ring (bicyclic) bond motifs is 2. The molecule has 3 aromatic carbocycles. The van der Waals surface area contributed by atoms with Crippen molar-refractivity contribution < 1.29 is 9.72 Å². The smallest absolute Gasteiger partial charge is 0.269 e. The average Bonchev–Trinajstić information content (AvgIpc) is 3.03. The number of amides is 1. The Labute approximate surface area is 195 Å². The zero-order valence-corrected chi connectivity index (χ0v) is 18.8. The van der Waals surface area contributed by atoms with Gasteiger partial charge in [0.25, 0.3) is 17.2 Å². The van der Waals surface area contributed by atoms with E-state index in [0.29, 0.717) is 22.2 Å². The molecule has 1 aromatic heterocycles. The molecule has 0 unspecified atom stereocenters. The van der Waals surface area contributed by atoms with Gasteiger partial charge in [-0.1, -0.05) is 28.1 Å². The van der Waals surface area contributed by atoms with Gasteiger partial charge in [-0.2, -0.15) is 0 Å². The first-order valence-electron chi connectivity index (χ1n) is 9.91. The van der Waals surface area contributed by atoms with Gasteiger partial charge in [0.2, 0.25) is 0 Å². The van der Waals surface area contributed by atoms with E-state index in [0.717, 1.165) is 15.7 Å². The molecule has 1 aliphatic heterocycles. The molecule has 2 heterocycles. The minimum atomic E-state index is -0.504. The molecule has 1 amide bonds. The van der Waals surface area contributed by atoms with E-state index in [9.17, 15) is 19.7 Å². The summed E-state index contributed by atoms with van der Waals surface area (Å²) in [7, 11) is 1.69. The largest absolute Gasteiger partial charge is 0.311 e. The number of carbonyl (C=O) groups is 1. The number of anilines is 1. The monoisotopic (exact) mass is 502 g/mol. The third-order valence-electron chi connectivity index (χ3n) is 5.54. The van der Waals surface area contributed by atoms with Crippen molar-refractivity contribution in [3.05, 3.63) is 103 Å². The summed E-state index contributed by atoms with van der Waals surface area (Å²) < 4.78 is 2.18. The molecule has 0 bridgehead atoms. The highest BCUT2D eigenvalue weighted by Crippen LogP contribution is 2.38. The number of likely N-dealkylation sites (N-methyl/N-ethyl adjacent to an activating group) is 1. The summed E-state index contributed by atoms with van der Waals surface area (Å²) in [6, 6.07) is 18.1. The molecule has 0 saturated carbocycles. The summed E-state index contributed by atoms with van der Waals surface area (Å²) in [6.07, 6.45) is 1.59. The fourth-order valence-electron chi connectivity index (χ4n) is 3.91. The van der Waals surface area contributed by atoms with Gasteiger partial charge in [-0.25, -0.2) is 4.98 Å². The second-order valence-corrected chi connectivity index (χ2v) is 8.40. The van der Waals surface area contributed by atoms with Crippen molar-refractivity contribution in [3.8, 4) is 5.69 Å². The van der Waals surface area contributed by atoms with Crippen LogP contribution in [0.4, 0.5) is 11.4 Å². The number of nitro groups is 1. The number of aromatic nitrogens is 2. The van der Waals surface area contributed by atoms with Gasteiger partial charge in [0.05, 0.1) is 32.8 Å². The van der Waals surface area contributed by atoms with E-state index in [1.807, 2.05) is 18.2 Å². The Hall–Kier alpha value is -4.11. The lowest BCUT2D eigenvalue weighted by Crippen LogP contribution is -2.23. The van der Waals surface area contributed by atoms with Crippen LogP contribution in [0.1, 0.15) is 11.4 Å². The van der Waals surface area contributed by atoms with Crippen LogP contribution >= 0.6 is 15.9 Å². The van der Waals surface area contributed by atoms with E-state index >= 15 is 0 Å². The van der Waals surface area contributed by atoms with Crippen LogP contribution < -0.4 is 10.5 Å². The topological polar surface area (TPSA) is 98.3 Å². The van der Waals surface area contributed by atoms with Crippen LogP contribution in [0.5, 0.6) is 0 Å². The fraction of sp³-hybridized carbons (Fsp3) is 0.0417. The zero-order chi connectivity index (χ0) is 23.3. The minimum absolute atomic E-state index is 0.0909. The van der Waals surface area contributed by atoms with Gasteiger partial charge < -0.3 is 4.90 Å². The Balaban J connectivity index is 1.79. The quantitative estimate of drug-likeness (QED) is 0.232. The molecule has 0 N–H and O–H groups in total. The number of halogens is 1. The first kappa shape index (κ1) is 20.8. The van der Waals surface area contributed by atoms with Gasteiger partial charge >= 0.3 is 0 Å². The average molecular weight is 503 g/mol. The van der Waals surface area contributed by atoms with Gasteiger partial charge in [-0.05, 0) is 48.5 Å². The summed E-state index contributed by atoms with van der Waals surface area (Å²) in [5, 5.41) is 11.5. The SMILES string of the molecule is CN1C(=O)/C(=C\c2nc3ccccc3c(=O)n2-c2ccc([N+](=O)[O-])cc2)c2cc(Br)ccc21. The maximum atomic E-state index is 13.4. The number of benzene rings is 3. The summed E-state index contributed by atoms with van der Waals surface area (Å²) in [4.78, 5) is 43.3. The Morgan fingerprint density at radius 3 is 2.48 bits per heavy atom. The molecule has 0 aliphatic carbocycles. The highest BCUT2D eigenvalue weighted by Gasteiger charge is 2.30. The fourth-order valence-corrected chi connectivity index (χ4v) is 4.27. The van der Waals surface area contributed by atoms with E-state index in [2.05, 4.69) is 20.9 Å². The van der Waals surface area contributed by atoms with Crippen LogP contribution in [-0.2, 0) is 4.79 Å². The van der Waals surface area contributed by atoms with Crippen molar-refractivity contribution in [1.29, 1.82) is 0 Å². The minimum Gasteiger partial charge on any atom is -0.311 e. The number of nitro benzene ring substituents is 1. The van der Waals surface area contributed by atoms with Crippen LogP contribution in [0.25, 0.3) is 28.2 Å². The predicted octanol–water partition coefficient (Wildman–Crippen LogP) is 4.57. The first-order valence-corrected chi connectivity index (χ1v) is 10.7. The molecule has 1 aliphatic rings. The lowest BCUT2D eigenvalue weighted by atomic mass is 10.1. The molecule has 0 radical (unpaired) electrons. The molecule has 8 nitrogen and oxygen atoms in total. The van der Waals surface area contributed by atoms with Gasteiger partial charge in [-0.3, -0.25) is 24.3 Å². The summed E-state index contributed by atoms with van der Waals surface area (Å²) in [5.41, 5.74) is 2.33. The predicted molar refractivity (Wildman–Crippen MR) is 129 cm³/mol. The molecule has 33 heavy (non-hydrogen) atoms. The molecule has 0 spiro atoms. The molecule has 162 valence electrons. The highest BCUT2D eigenvalue weighted by molar-refractivity contribution is 9.10. The third-order valence-corrected chi connectivity index (χ3v) is 6.03. The van der Waals surface area contributed by atoms with E-state index in [4.69, 9.17) is 0 Å². The number of non-ortho nitro benzene ring substituents is 1. The third kappa shape index (κ3) is 3.42.